The minimum Gasteiger partial charge on any atom is -0.504 e. The highest BCUT2D eigenvalue weighted by Gasteiger charge is 2.18. The summed E-state index contributed by atoms with van der Waals surface area (Å²) in [5.74, 6) is 0.585. The van der Waals surface area contributed by atoms with Crippen LogP contribution < -0.4 is 5.73 Å². The van der Waals surface area contributed by atoms with E-state index in [1.807, 2.05) is 54.7 Å². The van der Waals surface area contributed by atoms with Crippen molar-refractivity contribution in [2.45, 2.75) is 19.9 Å². The van der Waals surface area contributed by atoms with Crippen LogP contribution in [-0.4, -0.2) is 30.3 Å². The van der Waals surface area contributed by atoms with E-state index >= 15 is 0 Å². The third-order valence-electron chi connectivity index (χ3n) is 5.45. The lowest BCUT2D eigenvalue weighted by atomic mass is 10.0. The van der Waals surface area contributed by atoms with Gasteiger partial charge in [-0.25, -0.2) is 4.98 Å². The standard InChI is InChI=1S/C24H22N6O/c1-2-18-17(4-3-11-26-18)15-6-8-16(9-7-15)21-23(31)22(30-29-21)24-27-19-10-5-14(13-25)12-20(19)28-24/h3-12,31H,2,13,25H2,1H3,(H,27,28)(H,29,30). The summed E-state index contributed by atoms with van der Waals surface area (Å²) in [4.78, 5) is 12.3. The number of aromatic nitrogens is 5. The number of H-pyrrole nitrogens is 2. The Morgan fingerprint density at radius 3 is 2.61 bits per heavy atom. The number of aromatic hydroxyl groups is 1. The Morgan fingerprint density at radius 1 is 1.03 bits per heavy atom. The smallest absolute Gasteiger partial charge is 0.172 e. The average molecular weight is 410 g/mol. The Hall–Kier alpha value is -3.97. The largest absolute Gasteiger partial charge is 0.504 e. The quantitative estimate of drug-likeness (QED) is 0.342. The van der Waals surface area contributed by atoms with Gasteiger partial charge in [0, 0.05) is 29.6 Å². The fourth-order valence-corrected chi connectivity index (χ4v) is 3.79. The van der Waals surface area contributed by atoms with Crippen LogP contribution in [0.25, 0.3) is 44.9 Å². The number of imidazole rings is 1. The van der Waals surface area contributed by atoms with E-state index in [9.17, 15) is 5.11 Å². The summed E-state index contributed by atoms with van der Waals surface area (Å²) in [5.41, 5.74) is 13.4. The van der Waals surface area contributed by atoms with E-state index in [1.54, 1.807) is 0 Å². The first-order valence-electron chi connectivity index (χ1n) is 10.2. The number of nitrogens with zero attached hydrogens (tertiary/aromatic N) is 3. The monoisotopic (exact) mass is 410 g/mol. The first-order valence-corrected chi connectivity index (χ1v) is 10.2. The Balaban J connectivity index is 1.49. The molecule has 5 rings (SSSR count). The van der Waals surface area contributed by atoms with Gasteiger partial charge in [-0.05, 0) is 35.7 Å². The van der Waals surface area contributed by atoms with Gasteiger partial charge < -0.3 is 15.8 Å². The van der Waals surface area contributed by atoms with Crippen molar-refractivity contribution in [1.29, 1.82) is 0 Å². The van der Waals surface area contributed by atoms with E-state index in [4.69, 9.17) is 5.73 Å². The highest BCUT2D eigenvalue weighted by Crippen LogP contribution is 2.36. The van der Waals surface area contributed by atoms with E-state index in [2.05, 4.69) is 38.1 Å². The summed E-state index contributed by atoms with van der Waals surface area (Å²) in [7, 11) is 0. The second kappa shape index (κ2) is 7.70. The van der Waals surface area contributed by atoms with E-state index < -0.39 is 0 Å². The lowest BCUT2D eigenvalue weighted by Crippen LogP contribution is -1.95. The lowest BCUT2D eigenvalue weighted by molar-refractivity contribution is 0.479. The fourth-order valence-electron chi connectivity index (χ4n) is 3.79. The number of hydrogen-bond acceptors (Lipinski definition) is 5. The summed E-state index contributed by atoms with van der Waals surface area (Å²) < 4.78 is 0. The molecule has 5 aromatic rings. The lowest BCUT2D eigenvalue weighted by Gasteiger charge is -2.07. The fraction of sp³-hybridized carbons (Fsp3) is 0.125. The molecule has 5 N–H and O–H groups in total. The zero-order chi connectivity index (χ0) is 21.4. The van der Waals surface area contributed by atoms with E-state index in [-0.39, 0.29) is 5.75 Å². The highest BCUT2D eigenvalue weighted by atomic mass is 16.3. The molecule has 7 heteroatoms. The third kappa shape index (κ3) is 3.35. The minimum absolute atomic E-state index is 0.0569. The van der Waals surface area contributed by atoms with Crippen molar-refractivity contribution in [1.82, 2.24) is 25.1 Å². The highest BCUT2D eigenvalue weighted by molar-refractivity contribution is 5.83. The summed E-state index contributed by atoms with van der Waals surface area (Å²) in [6.07, 6.45) is 2.68. The molecule has 0 aliphatic rings. The molecule has 0 fully saturated rings. The maximum absolute atomic E-state index is 10.8. The molecule has 31 heavy (non-hydrogen) atoms. The Morgan fingerprint density at radius 2 is 1.84 bits per heavy atom. The van der Waals surface area contributed by atoms with Crippen molar-refractivity contribution in [3.63, 3.8) is 0 Å². The molecule has 3 heterocycles. The molecule has 7 nitrogen and oxygen atoms in total. The van der Waals surface area contributed by atoms with Gasteiger partial charge in [0.05, 0.1) is 11.0 Å². The topological polar surface area (TPSA) is 117 Å². The number of aryl methyl sites for hydroxylation is 1. The molecular formula is C24H22N6O. The number of benzene rings is 2. The molecule has 154 valence electrons. The van der Waals surface area contributed by atoms with Crippen LogP contribution in [0.2, 0.25) is 0 Å². The molecule has 0 radical (unpaired) electrons. The van der Waals surface area contributed by atoms with Gasteiger partial charge in [-0.2, -0.15) is 5.10 Å². The average Bonchev–Trinajstić information content (AvgIpc) is 3.41. The minimum atomic E-state index is 0.0569. The second-order valence-electron chi connectivity index (χ2n) is 7.37. The second-order valence-corrected chi connectivity index (χ2v) is 7.37. The van der Waals surface area contributed by atoms with Gasteiger partial charge in [-0.15, -0.1) is 0 Å². The molecule has 0 spiro atoms. The van der Waals surface area contributed by atoms with Gasteiger partial charge in [0.25, 0.3) is 0 Å². The van der Waals surface area contributed by atoms with Gasteiger partial charge in [0.15, 0.2) is 11.6 Å². The number of aromatic amines is 2. The summed E-state index contributed by atoms with van der Waals surface area (Å²) in [6, 6.07) is 17.8. The maximum atomic E-state index is 10.8. The molecule has 3 aromatic heterocycles. The van der Waals surface area contributed by atoms with E-state index in [0.717, 1.165) is 45.4 Å². The zero-order valence-corrected chi connectivity index (χ0v) is 17.1. The van der Waals surface area contributed by atoms with Crippen molar-refractivity contribution in [3.05, 3.63) is 72.1 Å². The van der Waals surface area contributed by atoms with Crippen LogP contribution in [0.4, 0.5) is 0 Å². The molecule has 0 aliphatic carbocycles. The molecule has 2 aromatic carbocycles. The normalized spacial score (nSPS) is 11.3. The number of hydrogen-bond donors (Lipinski definition) is 4. The number of rotatable bonds is 5. The first-order chi connectivity index (χ1) is 15.2. The summed E-state index contributed by atoms with van der Waals surface area (Å²) >= 11 is 0. The Kier molecular flexibility index (Phi) is 4.72. The van der Waals surface area contributed by atoms with Gasteiger partial charge in [0.2, 0.25) is 0 Å². The number of pyridine rings is 1. The predicted octanol–water partition coefficient (Wildman–Crippen LogP) is 4.41. The van der Waals surface area contributed by atoms with Crippen molar-refractivity contribution in [2.75, 3.05) is 0 Å². The SMILES string of the molecule is CCc1ncccc1-c1ccc(-c2n[nH]c(-c3nc4ccc(CN)cc4[nH]3)c2O)cc1. The first kappa shape index (κ1) is 19.0. The van der Waals surface area contributed by atoms with Crippen molar-refractivity contribution >= 4 is 11.0 Å². The van der Waals surface area contributed by atoms with Crippen LogP contribution in [0.3, 0.4) is 0 Å². The van der Waals surface area contributed by atoms with Crippen LogP contribution in [0.15, 0.2) is 60.8 Å². The van der Waals surface area contributed by atoms with Gasteiger partial charge in [-0.1, -0.05) is 43.3 Å². The van der Waals surface area contributed by atoms with Gasteiger partial charge in [-0.3, -0.25) is 10.1 Å². The van der Waals surface area contributed by atoms with Crippen molar-refractivity contribution < 1.29 is 5.11 Å². The molecule has 0 atom stereocenters. The number of fused-ring (bicyclic) bond motifs is 1. The molecule has 0 aliphatic heterocycles. The van der Waals surface area contributed by atoms with Crippen molar-refractivity contribution in [2.24, 2.45) is 5.73 Å². The molecule has 0 saturated heterocycles. The maximum Gasteiger partial charge on any atom is 0.172 e. The van der Waals surface area contributed by atoms with Gasteiger partial charge in [0.1, 0.15) is 11.4 Å². The van der Waals surface area contributed by atoms with E-state index in [0.29, 0.717) is 23.8 Å². The third-order valence-corrected chi connectivity index (χ3v) is 5.45. The van der Waals surface area contributed by atoms with Crippen LogP contribution in [-0.2, 0) is 13.0 Å². The molecule has 0 bridgehead atoms. The predicted molar refractivity (Wildman–Crippen MR) is 121 cm³/mol. The molecule has 0 saturated carbocycles. The van der Waals surface area contributed by atoms with Crippen molar-refractivity contribution in [3.8, 4) is 39.7 Å². The zero-order valence-electron chi connectivity index (χ0n) is 17.1. The molecule has 0 amide bonds. The van der Waals surface area contributed by atoms with E-state index in [1.165, 1.54) is 0 Å². The van der Waals surface area contributed by atoms with Crippen LogP contribution >= 0.6 is 0 Å². The summed E-state index contributed by atoms with van der Waals surface area (Å²) in [5, 5.41) is 18.1. The Labute approximate surface area is 179 Å². The van der Waals surface area contributed by atoms with Crippen LogP contribution in [0.5, 0.6) is 5.75 Å². The van der Waals surface area contributed by atoms with Gasteiger partial charge >= 0.3 is 0 Å². The molecule has 0 unspecified atom stereocenters. The van der Waals surface area contributed by atoms with Crippen LogP contribution in [0, 0.1) is 0 Å². The summed E-state index contributed by atoms with van der Waals surface area (Å²) in [6.45, 7) is 2.55. The number of nitrogens with two attached hydrogens (primary N) is 1. The van der Waals surface area contributed by atoms with Crippen LogP contribution in [0.1, 0.15) is 18.2 Å². The molecular weight excluding hydrogens is 388 g/mol. The number of nitrogens with one attached hydrogen (secondary N) is 2. The Bertz CT molecular complexity index is 1370.